The first-order chi connectivity index (χ1) is 12.9. The molecule has 1 heterocycles. The smallest absolute Gasteiger partial charge is 0.229 e. The van der Waals surface area contributed by atoms with Crippen molar-refractivity contribution in [2.45, 2.75) is 47.0 Å². The van der Waals surface area contributed by atoms with Gasteiger partial charge in [-0.05, 0) is 61.1 Å². The molecular weight excluding hydrogens is 336 g/mol. The molecule has 1 fully saturated rings. The van der Waals surface area contributed by atoms with Crippen LogP contribution in [0.4, 0.5) is 11.4 Å². The van der Waals surface area contributed by atoms with E-state index in [4.69, 9.17) is 0 Å². The van der Waals surface area contributed by atoms with Gasteiger partial charge in [-0.15, -0.1) is 0 Å². The predicted octanol–water partition coefficient (Wildman–Crippen LogP) is 4.42. The number of benzene rings is 2. The first-order valence-electron chi connectivity index (χ1n) is 9.73. The maximum absolute atomic E-state index is 12.9. The molecule has 2 aromatic rings. The van der Waals surface area contributed by atoms with E-state index < -0.39 is 0 Å². The van der Waals surface area contributed by atoms with E-state index in [-0.39, 0.29) is 24.2 Å². The van der Waals surface area contributed by atoms with Crippen LogP contribution in [0, 0.1) is 19.8 Å². The minimum Gasteiger partial charge on any atom is -0.325 e. The molecule has 1 saturated heterocycles. The van der Waals surface area contributed by atoms with Gasteiger partial charge in [0.2, 0.25) is 11.8 Å². The van der Waals surface area contributed by atoms with Crippen LogP contribution in [0.3, 0.4) is 0 Å². The second-order valence-corrected chi connectivity index (χ2v) is 7.40. The highest BCUT2D eigenvalue weighted by atomic mass is 16.2. The number of para-hydroxylation sites is 1. The average molecular weight is 364 g/mol. The molecule has 1 aliphatic heterocycles. The van der Waals surface area contributed by atoms with Gasteiger partial charge < -0.3 is 10.2 Å². The summed E-state index contributed by atoms with van der Waals surface area (Å²) < 4.78 is 0. The van der Waals surface area contributed by atoms with Crippen molar-refractivity contribution < 1.29 is 9.59 Å². The Labute approximate surface area is 161 Å². The van der Waals surface area contributed by atoms with Crippen LogP contribution in [0.15, 0.2) is 36.4 Å². The second kappa shape index (κ2) is 7.95. The molecule has 142 valence electrons. The lowest BCUT2D eigenvalue weighted by Crippen LogP contribution is -2.28. The molecule has 0 unspecified atom stereocenters. The molecule has 27 heavy (non-hydrogen) atoms. The number of hydrogen-bond acceptors (Lipinski definition) is 2. The molecule has 2 aromatic carbocycles. The lowest BCUT2D eigenvalue weighted by atomic mass is 10.0. The molecule has 0 saturated carbocycles. The van der Waals surface area contributed by atoms with Crippen molar-refractivity contribution in [3.8, 4) is 0 Å². The van der Waals surface area contributed by atoms with Crippen molar-refractivity contribution in [3.63, 3.8) is 0 Å². The van der Waals surface area contributed by atoms with E-state index in [1.807, 2.05) is 32.0 Å². The highest BCUT2D eigenvalue weighted by Gasteiger charge is 2.35. The maximum Gasteiger partial charge on any atom is 0.229 e. The van der Waals surface area contributed by atoms with E-state index in [0.29, 0.717) is 6.54 Å². The van der Waals surface area contributed by atoms with E-state index in [2.05, 4.69) is 37.4 Å². The van der Waals surface area contributed by atoms with Crippen LogP contribution in [-0.2, 0) is 22.4 Å². The quantitative estimate of drug-likeness (QED) is 0.854. The summed E-state index contributed by atoms with van der Waals surface area (Å²) in [5.41, 5.74) is 6.32. The minimum absolute atomic E-state index is 0.0136. The molecule has 0 bridgehead atoms. The first kappa shape index (κ1) is 19.2. The summed E-state index contributed by atoms with van der Waals surface area (Å²) in [7, 11) is 0. The lowest BCUT2D eigenvalue weighted by molar-refractivity contribution is -0.122. The second-order valence-electron chi connectivity index (χ2n) is 7.40. The number of hydrogen-bond donors (Lipinski definition) is 1. The standard InChI is InChI=1S/C23H28N2O2/c1-5-17-8-7-9-18(6-2)22(17)24-23(27)19-13-21(26)25(14-19)20-11-15(3)10-16(4)12-20/h7-12,19H,5-6,13-14H2,1-4H3,(H,24,27)/t19-/m1/s1. The van der Waals surface area contributed by atoms with Crippen LogP contribution >= 0.6 is 0 Å². The number of carbonyl (C=O) groups excluding carboxylic acids is 2. The van der Waals surface area contributed by atoms with Crippen LogP contribution in [0.25, 0.3) is 0 Å². The Morgan fingerprint density at radius 1 is 1.07 bits per heavy atom. The van der Waals surface area contributed by atoms with E-state index in [9.17, 15) is 9.59 Å². The number of nitrogens with zero attached hydrogens (tertiary/aromatic N) is 1. The molecular formula is C23H28N2O2. The Balaban J connectivity index is 1.79. The molecule has 0 spiro atoms. The Morgan fingerprint density at radius 3 is 2.22 bits per heavy atom. The van der Waals surface area contributed by atoms with Gasteiger partial charge >= 0.3 is 0 Å². The number of rotatable bonds is 5. The monoisotopic (exact) mass is 364 g/mol. The molecule has 4 nitrogen and oxygen atoms in total. The van der Waals surface area contributed by atoms with Gasteiger partial charge in [0.05, 0.1) is 5.92 Å². The first-order valence-corrected chi connectivity index (χ1v) is 9.73. The predicted molar refractivity (Wildman–Crippen MR) is 110 cm³/mol. The third kappa shape index (κ3) is 4.05. The molecule has 0 radical (unpaired) electrons. The van der Waals surface area contributed by atoms with E-state index in [1.165, 1.54) is 0 Å². The average Bonchev–Trinajstić information content (AvgIpc) is 3.03. The summed E-state index contributed by atoms with van der Waals surface area (Å²) in [6.45, 7) is 8.66. The Hall–Kier alpha value is -2.62. The van der Waals surface area contributed by atoms with Gasteiger partial charge in [-0.3, -0.25) is 9.59 Å². The molecule has 1 aliphatic rings. The highest BCUT2D eigenvalue weighted by Crippen LogP contribution is 2.29. The zero-order valence-electron chi connectivity index (χ0n) is 16.6. The maximum atomic E-state index is 12.9. The van der Waals surface area contributed by atoms with Crippen LogP contribution in [0.5, 0.6) is 0 Å². The third-order valence-corrected chi connectivity index (χ3v) is 5.26. The fraction of sp³-hybridized carbons (Fsp3) is 0.391. The lowest BCUT2D eigenvalue weighted by Gasteiger charge is -2.19. The van der Waals surface area contributed by atoms with Gasteiger partial charge in [0.25, 0.3) is 0 Å². The van der Waals surface area contributed by atoms with Crippen molar-refractivity contribution in [2.24, 2.45) is 5.92 Å². The number of carbonyl (C=O) groups is 2. The normalized spacial score (nSPS) is 16.7. The van der Waals surface area contributed by atoms with E-state index in [0.717, 1.165) is 46.5 Å². The van der Waals surface area contributed by atoms with Crippen molar-refractivity contribution in [1.29, 1.82) is 0 Å². The van der Waals surface area contributed by atoms with Crippen LogP contribution in [0.2, 0.25) is 0 Å². The molecule has 0 aromatic heterocycles. The molecule has 2 amide bonds. The molecule has 0 aliphatic carbocycles. The van der Waals surface area contributed by atoms with Gasteiger partial charge in [-0.2, -0.15) is 0 Å². The van der Waals surface area contributed by atoms with E-state index >= 15 is 0 Å². The molecule has 4 heteroatoms. The summed E-state index contributed by atoms with van der Waals surface area (Å²) in [6.07, 6.45) is 1.98. The Morgan fingerprint density at radius 2 is 1.67 bits per heavy atom. The summed E-state index contributed by atoms with van der Waals surface area (Å²) in [6, 6.07) is 12.2. The zero-order valence-corrected chi connectivity index (χ0v) is 16.6. The van der Waals surface area contributed by atoms with Gasteiger partial charge in [0.15, 0.2) is 0 Å². The van der Waals surface area contributed by atoms with Gasteiger partial charge in [-0.1, -0.05) is 38.1 Å². The zero-order chi connectivity index (χ0) is 19.6. The molecule has 1 atom stereocenters. The largest absolute Gasteiger partial charge is 0.325 e. The fourth-order valence-corrected chi connectivity index (χ4v) is 3.87. The number of amides is 2. The fourth-order valence-electron chi connectivity index (χ4n) is 3.87. The van der Waals surface area contributed by atoms with Crippen molar-refractivity contribution in [1.82, 2.24) is 0 Å². The summed E-state index contributed by atoms with van der Waals surface area (Å²) in [5, 5.41) is 3.12. The number of nitrogens with one attached hydrogen (secondary N) is 1. The summed E-state index contributed by atoms with van der Waals surface area (Å²) in [5.74, 6) is -0.376. The van der Waals surface area contributed by atoms with Crippen molar-refractivity contribution in [3.05, 3.63) is 58.7 Å². The minimum atomic E-state index is -0.326. The topological polar surface area (TPSA) is 49.4 Å². The van der Waals surface area contributed by atoms with Gasteiger partial charge in [-0.25, -0.2) is 0 Å². The number of anilines is 2. The summed E-state index contributed by atoms with van der Waals surface area (Å²) >= 11 is 0. The molecule has 1 N–H and O–H groups in total. The van der Waals surface area contributed by atoms with Gasteiger partial charge in [0.1, 0.15) is 0 Å². The Kier molecular flexibility index (Phi) is 5.64. The van der Waals surface area contributed by atoms with Crippen molar-refractivity contribution in [2.75, 3.05) is 16.8 Å². The van der Waals surface area contributed by atoms with Crippen LogP contribution in [0.1, 0.15) is 42.5 Å². The highest BCUT2D eigenvalue weighted by molar-refractivity contribution is 6.04. The summed E-state index contributed by atoms with van der Waals surface area (Å²) in [4.78, 5) is 27.2. The van der Waals surface area contributed by atoms with E-state index in [1.54, 1.807) is 4.90 Å². The Bertz CT molecular complexity index is 830. The number of aryl methyl sites for hydroxylation is 4. The van der Waals surface area contributed by atoms with Gasteiger partial charge in [0, 0.05) is 24.3 Å². The van der Waals surface area contributed by atoms with Crippen molar-refractivity contribution >= 4 is 23.2 Å². The van der Waals surface area contributed by atoms with Crippen LogP contribution < -0.4 is 10.2 Å². The third-order valence-electron chi connectivity index (χ3n) is 5.26. The molecule has 3 rings (SSSR count). The van der Waals surface area contributed by atoms with Crippen LogP contribution in [-0.4, -0.2) is 18.4 Å². The SMILES string of the molecule is CCc1cccc(CC)c1NC(=O)[C@@H]1CC(=O)N(c2cc(C)cc(C)c2)C1.